The molecule has 7 atom stereocenters. The van der Waals surface area contributed by atoms with Crippen molar-refractivity contribution in [2.45, 2.75) is 26.2 Å². The summed E-state index contributed by atoms with van der Waals surface area (Å²) >= 11 is 3.52. The van der Waals surface area contributed by atoms with Crippen LogP contribution >= 0.6 is 23.5 Å². The molecule has 6 fully saturated rings. The van der Waals surface area contributed by atoms with E-state index >= 15 is 0 Å². The highest BCUT2D eigenvalue weighted by Crippen LogP contribution is 2.88. The first-order valence-electron chi connectivity index (χ1n) is 10.3. The highest BCUT2D eigenvalue weighted by molar-refractivity contribution is 8.02. The summed E-state index contributed by atoms with van der Waals surface area (Å²) in [6, 6.07) is 20.7. The molecule has 0 amide bonds. The number of ketones is 2. The third-order valence-corrected chi connectivity index (χ3v) is 10.7. The van der Waals surface area contributed by atoms with Crippen molar-refractivity contribution in [1.29, 1.82) is 0 Å². The van der Waals surface area contributed by atoms with Crippen molar-refractivity contribution in [2.24, 2.45) is 41.4 Å². The van der Waals surface area contributed by atoms with Crippen molar-refractivity contribution in [3.8, 4) is 0 Å². The van der Waals surface area contributed by atoms with E-state index in [4.69, 9.17) is 0 Å². The Balaban J connectivity index is 1.31. The van der Waals surface area contributed by atoms with Gasteiger partial charge in [0.1, 0.15) is 5.78 Å². The number of carbonyl (C=O) groups is 2. The van der Waals surface area contributed by atoms with Crippen LogP contribution in [0.3, 0.4) is 0 Å². The van der Waals surface area contributed by atoms with Crippen LogP contribution in [0.5, 0.6) is 0 Å². The third kappa shape index (κ3) is 1.94. The zero-order valence-corrected chi connectivity index (χ0v) is 16.9. The van der Waals surface area contributed by atoms with Crippen LogP contribution in [0, 0.1) is 41.4 Å². The SMILES string of the molecule is O=C1[C@@H](Sc2ccccc2)[C@H]([C@@]2(Sc3ccccc3)C(=O)C3C4C3C42)[C@H]2C[C@@H]12. The lowest BCUT2D eigenvalue weighted by Crippen LogP contribution is -2.46. The van der Waals surface area contributed by atoms with E-state index in [2.05, 4.69) is 36.4 Å². The minimum Gasteiger partial charge on any atom is -0.298 e. The van der Waals surface area contributed by atoms with Crippen LogP contribution < -0.4 is 0 Å². The summed E-state index contributed by atoms with van der Waals surface area (Å²) in [5.41, 5.74) is 0. The maximum atomic E-state index is 13.6. The smallest absolute Gasteiger partial charge is 0.153 e. The number of hydrogen-bond acceptors (Lipinski definition) is 4. The van der Waals surface area contributed by atoms with Crippen molar-refractivity contribution in [1.82, 2.24) is 0 Å². The summed E-state index contributed by atoms with van der Waals surface area (Å²) < 4.78 is -0.362. The molecular formula is C24H20O2S2. The van der Waals surface area contributed by atoms with E-state index in [1.807, 2.05) is 24.3 Å². The number of fused-ring (bicyclic) bond motifs is 2. The Labute approximate surface area is 172 Å². The molecule has 0 heterocycles. The summed E-state index contributed by atoms with van der Waals surface area (Å²) in [4.78, 5) is 29.1. The molecule has 2 aromatic carbocycles. The topological polar surface area (TPSA) is 34.1 Å². The van der Waals surface area contributed by atoms with Gasteiger partial charge in [0, 0.05) is 27.5 Å². The van der Waals surface area contributed by atoms with E-state index in [0.29, 0.717) is 41.2 Å². The molecule has 2 aromatic rings. The summed E-state index contributed by atoms with van der Waals surface area (Å²) in [6.07, 6.45) is 1.01. The van der Waals surface area contributed by atoms with Gasteiger partial charge in [-0.3, -0.25) is 9.59 Å². The monoisotopic (exact) mass is 404 g/mol. The second kappa shape index (κ2) is 5.34. The first-order chi connectivity index (χ1) is 13.7. The fraction of sp³-hybridized carbons (Fsp3) is 0.417. The molecule has 0 aromatic heterocycles. The minimum absolute atomic E-state index is 0.0648. The summed E-state index contributed by atoms with van der Waals surface area (Å²) in [5, 5.41) is -0.0648. The van der Waals surface area contributed by atoms with Crippen LogP contribution in [-0.4, -0.2) is 21.6 Å². The first kappa shape index (κ1) is 16.3. The standard InChI is InChI=1S/C24H20O2S2/c25-21-15-11-14(15)19(22(21)27-12-7-3-1-4-8-12)24(28-13-9-5-2-6-10-13)20-16-17(20)18(16)23(24)26/h1-10,14-20,22H,11H2/t14-,15+,16?,17?,18?,19+,20?,22-,24-/m0/s1. The van der Waals surface area contributed by atoms with Gasteiger partial charge < -0.3 is 0 Å². The summed E-state index contributed by atoms with van der Waals surface area (Å²) in [6.45, 7) is 0. The zero-order chi connectivity index (χ0) is 18.6. The van der Waals surface area contributed by atoms with Gasteiger partial charge >= 0.3 is 0 Å². The van der Waals surface area contributed by atoms with Crippen molar-refractivity contribution in [3.63, 3.8) is 0 Å². The van der Waals surface area contributed by atoms with Gasteiger partial charge in [-0.15, -0.1) is 23.5 Å². The maximum absolute atomic E-state index is 13.6. The van der Waals surface area contributed by atoms with Crippen LogP contribution in [-0.2, 0) is 9.59 Å². The molecule has 6 saturated carbocycles. The largest absolute Gasteiger partial charge is 0.298 e. The molecule has 4 heteroatoms. The van der Waals surface area contributed by atoms with Gasteiger partial charge in [-0.1, -0.05) is 36.4 Å². The average molecular weight is 405 g/mol. The van der Waals surface area contributed by atoms with E-state index < -0.39 is 0 Å². The number of thioether (sulfide) groups is 2. The number of hydrogen-bond donors (Lipinski definition) is 0. The van der Waals surface area contributed by atoms with E-state index in [9.17, 15) is 9.59 Å². The predicted molar refractivity (Wildman–Crippen MR) is 110 cm³/mol. The minimum atomic E-state index is -0.362. The van der Waals surface area contributed by atoms with Crippen molar-refractivity contribution in [3.05, 3.63) is 60.7 Å². The van der Waals surface area contributed by atoms with Crippen LogP contribution in [0.4, 0.5) is 0 Å². The molecule has 6 aliphatic rings. The molecule has 8 rings (SSSR count). The average Bonchev–Trinajstić information content (AvgIpc) is 3.63. The Bertz CT molecular complexity index is 996. The fourth-order valence-corrected chi connectivity index (χ4v) is 9.86. The van der Waals surface area contributed by atoms with Gasteiger partial charge in [0.05, 0.1) is 10.00 Å². The van der Waals surface area contributed by atoms with Gasteiger partial charge in [-0.25, -0.2) is 0 Å². The van der Waals surface area contributed by atoms with Gasteiger partial charge in [-0.05, 0) is 54.4 Å². The Kier molecular flexibility index (Phi) is 3.11. The van der Waals surface area contributed by atoms with Crippen LogP contribution in [0.25, 0.3) is 0 Å². The number of benzene rings is 2. The maximum Gasteiger partial charge on any atom is 0.153 e. The number of Topliss-reactive ketones (excluding diaryl/α,β-unsaturated/α-hetero) is 2. The zero-order valence-electron chi connectivity index (χ0n) is 15.2. The summed E-state index contributed by atoms with van der Waals surface area (Å²) in [7, 11) is 0. The van der Waals surface area contributed by atoms with Crippen molar-refractivity contribution in [2.75, 3.05) is 0 Å². The van der Waals surface area contributed by atoms with E-state index in [1.54, 1.807) is 23.5 Å². The molecule has 0 spiro atoms. The van der Waals surface area contributed by atoms with E-state index in [0.717, 1.165) is 11.3 Å². The Hall–Kier alpha value is -1.52. The van der Waals surface area contributed by atoms with Gasteiger partial charge in [0.2, 0.25) is 0 Å². The predicted octanol–water partition coefficient (Wildman–Crippen LogP) is 4.59. The van der Waals surface area contributed by atoms with E-state index in [1.165, 1.54) is 4.90 Å². The van der Waals surface area contributed by atoms with E-state index in [-0.39, 0.29) is 21.8 Å². The number of rotatable bonds is 5. The normalized spacial score (nSPS) is 46.3. The fourth-order valence-electron chi connectivity index (χ4n) is 6.49. The molecule has 28 heavy (non-hydrogen) atoms. The highest BCUT2D eigenvalue weighted by Gasteiger charge is 2.92. The first-order valence-corrected chi connectivity index (χ1v) is 12.0. The Morgan fingerprint density at radius 2 is 1.46 bits per heavy atom. The Morgan fingerprint density at radius 3 is 2.07 bits per heavy atom. The van der Waals surface area contributed by atoms with Gasteiger partial charge in [-0.2, -0.15) is 0 Å². The van der Waals surface area contributed by atoms with Gasteiger partial charge in [0.25, 0.3) is 0 Å². The number of carbonyl (C=O) groups excluding carboxylic acids is 2. The highest BCUT2D eigenvalue weighted by atomic mass is 32.2. The molecule has 0 radical (unpaired) electrons. The molecule has 2 bridgehead atoms. The van der Waals surface area contributed by atoms with Crippen molar-refractivity contribution < 1.29 is 9.59 Å². The molecule has 140 valence electrons. The quantitative estimate of drug-likeness (QED) is 0.730. The third-order valence-electron chi connectivity index (χ3n) is 7.81. The van der Waals surface area contributed by atoms with Crippen LogP contribution in [0.1, 0.15) is 6.42 Å². The molecular weight excluding hydrogens is 384 g/mol. The van der Waals surface area contributed by atoms with Crippen LogP contribution in [0.15, 0.2) is 70.5 Å². The lowest BCUT2D eigenvalue weighted by Gasteiger charge is -2.38. The molecule has 2 nitrogen and oxygen atoms in total. The molecule has 2 unspecified atom stereocenters. The molecule has 6 aliphatic carbocycles. The lowest BCUT2D eigenvalue weighted by atomic mass is 9.83. The second-order valence-electron chi connectivity index (χ2n) is 9.06. The lowest BCUT2D eigenvalue weighted by molar-refractivity contribution is -0.121. The summed E-state index contributed by atoms with van der Waals surface area (Å²) in [5.74, 6) is 3.82. The second-order valence-corrected chi connectivity index (χ2v) is 11.6. The van der Waals surface area contributed by atoms with Gasteiger partial charge in [0.15, 0.2) is 5.78 Å². The molecule has 0 saturated heterocycles. The van der Waals surface area contributed by atoms with Crippen molar-refractivity contribution >= 4 is 35.1 Å². The molecule has 0 aliphatic heterocycles. The Morgan fingerprint density at radius 1 is 0.821 bits per heavy atom. The van der Waals surface area contributed by atoms with Crippen LogP contribution in [0.2, 0.25) is 0 Å². The molecule has 0 N–H and O–H groups in total.